The smallest absolute Gasteiger partial charge is 0.242 e. The van der Waals surface area contributed by atoms with Gasteiger partial charge in [-0.05, 0) is 43.4 Å². The molecule has 1 saturated carbocycles. The summed E-state index contributed by atoms with van der Waals surface area (Å²) in [4.78, 5) is 32.9. The van der Waals surface area contributed by atoms with Crippen molar-refractivity contribution in [2.75, 3.05) is 6.54 Å². The van der Waals surface area contributed by atoms with Gasteiger partial charge in [-0.2, -0.15) is 0 Å². The minimum atomic E-state index is 0.0394. The Labute approximate surface area is 191 Å². The van der Waals surface area contributed by atoms with Crippen molar-refractivity contribution in [2.24, 2.45) is 5.92 Å². The van der Waals surface area contributed by atoms with Gasteiger partial charge in [0.2, 0.25) is 11.8 Å². The number of nitrogens with zero attached hydrogens (tertiary/aromatic N) is 2. The van der Waals surface area contributed by atoms with E-state index in [1.807, 2.05) is 28.0 Å². The second-order valence-corrected chi connectivity index (χ2v) is 10.5. The van der Waals surface area contributed by atoms with Crippen LogP contribution in [0.3, 0.4) is 0 Å². The number of aryl methyl sites for hydroxylation is 1. The van der Waals surface area contributed by atoms with E-state index in [1.54, 1.807) is 11.3 Å². The highest BCUT2D eigenvalue weighted by Gasteiger charge is 2.29. The number of hydrogen-bond acceptors (Lipinski definition) is 3. The molecule has 2 amide bonds. The third kappa shape index (κ3) is 7.20. The molecule has 0 saturated heterocycles. The Balaban J connectivity index is 1.78. The Morgan fingerprint density at radius 2 is 1.68 bits per heavy atom. The summed E-state index contributed by atoms with van der Waals surface area (Å²) in [5.41, 5.74) is 1.11. The lowest BCUT2D eigenvalue weighted by molar-refractivity contribution is -0.144. The second-order valence-electron chi connectivity index (χ2n) is 9.16. The van der Waals surface area contributed by atoms with Gasteiger partial charge in [-0.1, -0.05) is 63.4 Å². The molecule has 0 radical (unpaired) electrons. The standard InChI is InChI=1S/C26H36N2O2S/c1-20(2)16-25(29)28(23-12-8-5-9-13-23)19-26(30)27(17-22-10-6-4-7-11-22)18-24-15-14-21(3)31-24/h4,6-7,10-11,14-15,20,23H,5,8-9,12-13,16-19H2,1-3H3. The lowest BCUT2D eigenvalue weighted by atomic mass is 9.93. The number of rotatable bonds is 9. The molecule has 0 aliphatic heterocycles. The van der Waals surface area contributed by atoms with E-state index in [9.17, 15) is 9.59 Å². The van der Waals surface area contributed by atoms with Crippen LogP contribution in [0.2, 0.25) is 0 Å². The quantitative estimate of drug-likeness (QED) is 0.495. The van der Waals surface area contributed by atoms with Crippen LogP contribution < -0.4 is 0 Å². The molecule has 0 unspecified atom stereocenters. The number of amides is 2. The summed E-state index contributed by atoms with van der Waals surface area (Å²) in [6, 6.07) is 14.5. The summed E-state index contributed by atoms with van der Waals surface area (Å²) in [5.74, 6) is 0.461. The second kappa shape index (κ2) is 11.5. The van der Waals surface area contributed by atoms with Gasteiger partial charge in [0, 0.05) is 28.8 Å². The monoisotopic (exact) mass is 440 g/mol. The highest BCUT2D eigenvalue weighted by atomic mass is 32.1. The molecule has 0 atom stereocenters. The van der Waals surface area contributed by atoms with Crippen LogP contribution in [0.15, 0.2) is 42.5 Å². The van der Waals surface area contributed by atoms with E-state index >= 15 is 0 Å². The van der Waals surface area contributed by atoms with Crippen LogP contribution in [0.4, 0.5) is 0 Å². The molecule has 0 bridgehead atoms. The fourth-order valence-corrected chi connectivity index (χ4v) is 5.23. The topological polar surface area (TPSA) is 40.6 Å². The minimum absolute atomic E-state index is 0.0394. The van der Waals surface area contributed by atoms with Crippen molar-refractivity contribution in [3.05, 3.63) is 57.8 Å². The lowest BCUT2D eigenvalue weighted by Crippen LogP contribution is -2.48. The number of carbonyl (C=O) groups excluding carboxylic acids is 2. The maximum atomic E-state index is 13.5. The Morgan fingerprint density at radius 3 is 2.29 bits per heavy atom. The summed E-state index contributed by atoms with van der Waals surface area (Å²) in [6.07, 6.45) is 6.06. The van der Waals surface area contributed by atoms with Crippen molar-refractivity contribution < 1.29 is 9.59 Å². The van der Waals surface area contributed by atoms with Gasteiger partial charge in [0.05, 0.1) is 6.54 Å². The van der Waals surface area contributed by atoms with E-state index in [4.69, 9.17) is 0 Å². The highest BCUT2D eigenvalue weighted by Crippen LogP contribution is 2.25. The Bertz CT molecular complexity index is 840. The van der Waals surface area contributed by atoms with Crippen LogP contribution in [-0.4, -0.2) is 34.2 Å². The lowest BCUT2D eigenvalue weighted by Gasteiger charge is -2.36. The van der Waals surface area contributed by atoms with Crippen LogP contribution in [0.1, 0.15) is 67.7 Å². The minimum Gasteiger partial charge on any atom is -0.332 e. The first-order valence-electron chi connectivity index (χ1n) is 11.6. The molecule has 1 aromatic heterocycles. The average Bonchev–Trinajstić information content (AvgIpc) is 3.17. The number of carbonyl (C=O) groups is 2. The predicted molar refractivity (Wildman–Crippen MR) is 128 cm³/mol. The van der Waals surface area contributed by atoms with E-state index in [0.717, 1.165) is 31.2 Å². The zero-order valence-corrected chi connectivity index (χ0v) is 20.0. The first-order chi connectivity index (χ1) is 14.9. The van der Waals surface area contributed by atoms with Gasteiger partial charge in [-0.15, -0.1) is 11.3 Å². The molecule has 1 aliphatic carbocycles. The third-order valence-corrected chi connectivity index (χ3v) is 6.92. The van der Waals surface area contributed by atoms with Gasteiger partial charge >= 0.3 is 0 Å². The van der Waals surface area contributed by atoms with Gasteiger partial charge in [0.15, 0.2) is 0 Å². The molecule has 0 N–H and O–H groups in total. The van der Waals surface area contributed by atoms with Crippen LogP contribution in [-0.2, 0) is 22.7 Å². The summed E-state index contributed by atoms with van der Waals surface area (Å²) in [5, 5.41) is 0. The van der Waals surface area contributed by atoms with Crippen LogP contribution in [0.5, 0.6) is 0 Å². The molecule has 5 heteroatoms. The largest absolute Gasteiger partial charge is 0.332 e. The molecule has 1 aromatic carbocycles. The molecule has 2 aromatic rings. The van der Waals surface area contributed by atoms with Crippen molar-refractivity contribution in [1.82, 2.24) is 9.80 Å². The maximum absolute atomic E-state index is 13.5. The first kappa shape index (κ1) is 23.5. The molecule has 1 heterocycles. The summed E-state index contributed by atoms with van der Waals surface area (Å²) in [6.45, 7) is 7.57. The average molecular weight is 441 g/mol. The highest BCUT2D eigenvalue weighted by molar-refractivity contribution is 7.11. The molecule has 0 spiro atoms. The number of thiophene rings is 1. The zero-order chi connectivity index (χ0) is 22.2. The van der Waals surface area contributed by atoms with E-state index < -0.39 is 0 Å². The molecule has 1 fully saturated rings. The van der Waals surface area contributed by atoms with E-state index in [-0.39, 0.29) is 24.4 Å². The Hall–Kier alpha value is -2.14. The SMILES string of the molecule is Cc1ccc(CN(Cc2ccccc2)C(=O)CN(C(=O)CC(C)C)C2CCCCC2)s1. The first-order valence-corrected chi connectivity index (χ1v) is 12.4. The van der Waals surface area contributed by atoms with Gasteiger partial charge in [-0.3, -0.25) is 9.59 Å². The van der Waals surface area contributed by atoms with Crippen LogP contribution in [0.25, 0.3) is 0 Å². The van der Waals surface area contributed by atoms with Gasteiger partial charge in [0.1, 0.15) is 6.54 Å². The van der Waals surface area contributed by atoms with Gasteiger partial charge < -0.3 is 9.80 Å². The van der Waals surface area contributed by atoms with E-state index in [2.05, 4.69) is 45.0 Å². The summed E-state index contributed by atoms with van der Waals surface area (Å²) < 4.78 is 0. The zero-order valence-electron chi connectivity index (χ0n) is 19.2. The summed E-state index contributed by atoms with van der Waals surface area (Å²) >= 11 is 1.73. The summed E-state index contributed by atoms with van der Waals surface area (Å²) in [7, 11) is 0. The van der Waals surface area contributed by atoms with Crippen LogP contribution >= 0.6 is 11.3 Å². The normalized spacial score (nSPS) is 14.6. The predicted octanol–water partition coefficient (Wildman–Crippen LogP) is 5.79. The van der Waals surface area contributed by atoms with Gasteiger partial charge in [0.25, 0.3) is 0 Å². The van der Waals surface area contributed by atoms with Crippen molar-refractivity contribution in [1.29, 1.82) is 0 Å². The van der Waals surface area contributed by atoms with Crippen molar-refractivity contribution >= 4 is 23.2 Å². The van der Waals surface area contributed by atoms with Crippen molar-refractivity contribution in [3.63, 3.8) is 0 Å². The molecule has 1 aliphatic rings. The third-order valence-electron chi connectivity index (χ3n) is 5.94. The molecule has 168 valence electrons. The molecule has 3 rings (SSSR count). The maximum Gasteiger partial charge on any atom is 0.242 e. The van der Waals surface area contributed by atoms with E-state index in [0.29, 0.717) is 25.4 Å². The van der Waals surface area contributed by atoms with Crippen molar-refractivity contribution in [3.8, 4) is 0 Å². The molecular weight excluding hydrogens is 404 g/mol. The fourth-order valence-electron chi connectivity index (χ4n) is 4.32. The molecule has 4 nitrogen and oxygen atoms in total. The number of benzene rings is 1. The van der Waals surface area contributed by atoms with E-state index in [1.165, 1.54) is 16.2 Å². The Kier molecular flexibility index (Phi) is 8.70. The number of hydrogen-bond donors (Lipinski definition) is 0. The van der Waals surface area contributed by atoms with Crippen LogP contribution in [0, 0.1) is 12.8 Å². The van der Waals surface area contributed by atoms with Crippen molar-refractivity contribution in [2.45, 2.75) is 78.4 Å². The fraction of sp³-hybridized carbons (Fsp3) is 0.538. The Morgan fingerprint density at radius 1 is 0.968 bits per heavy atom. The molecule has 31 heavy (non-hydrogen) atoms. The van der Waals surface area contributed by atoms with Gasteiger partial charge in [-0.25, -0.2) is 0 Å². The molecular formula is C26H36N2O2S.